The molecule has 1 aliphatic rings. The van der Waals surface area contributed by atoms with Crippen molar-refractivity contribution in [2.24, 2.45) is 0 Å². The Labute approximate surface area is 200 Å². The molecule has 2 aromatic heterocycles. The molecular formula is C19H31N6O9P. The van der Waals surface area contributed by atoms with Gasteiger partial charge in [-0.15, -0.1) is 0 Å². The SMILES string of the molecule is CC(C)O[C@@H]1[C@H](OC(C)C)[C@@H](COP(=O)(O)NCCC(=O)O)O[C@H]1n1cnc2c(=O)[nH]c(N)nc21. The van der Waals surface area contributed by atoms with E-state index in [0.29, 0.717) is 0 Å². The van der Waals surface area contributed by atoms with E-state index in [1.807, 2.05) is 27.7 Å². The number of fused-ring (bicyclic) bond motifs is 1. The fraction of sp³-hybridized carbons (Fsp3) is 0.684. The van der Waals surface area contributed by atoms with Crippen LogP contribution in [0.1, 0.15) is 40.3 Å². The Morgan fingerprint density at radius 2 is 1.97 bits per heavy atom. The summed E-state index contributed by atoms with van der Waals surface area (Å²) in [6, 6.07) is 0. The average Bonchev–Trinajstić information content (AvgIpc) is 3.27. The molecule has 0 aromatic carbocycles. The van der Waals surface area contributed by atoms with Gasteiger partial charge in [0.2, 0.25) is 5.95 Å². The van der Waals surface area contributed by atoms with E-state index in [9.17, 15) is 19.0 Å². The fourth-order valence-corrected chi connectivity index (χ4v) is 4.49. The number of ether oxygens (including phenoxy) is 3. The first-order valence-corrected chi connectivity index (χ1v) is 12.6. The summed E-state index contributed by atoms with van der Waals surface area (Å²) < 4.78 is 37.3. The number of hydrogen-bond acceptors (Lipinski definition) is 10. The molecular weight excluding hydrogens is 487 g/mol. The third-order valence-corrected chi connectivity index (χ3v) is 6.06. The summed E-state index contributed by atoms with van der Waals surface area (Å²) in [6.45, 7) is 6.66. The second-order valence-corrected chi connectivity index (χ2v) is 10.1. The Bertz CT molecular complexity index is 1140. The van der Waals surface area contributed by atoms with Gasteiger partial charge in [0.15, 0.2) is 17.4 Å². The molecule has 0 spiro atoms. The topological polar surface area (TPSA) is 213 Å². The van der Waals surface area contributed by atoms with Gasteiger partial charge in [0, 0.05) is 6.54 Å². The lowest BCUT2D eigenvalue weighted by atomic mass is 10.1. The highest BCUT2D eigenvalue weighted by molar-refractivity contribution is 7.50. The Morgan fingerprint density at radius 1 is 1.31 bits per heavy atom. The number of aliphatic carboxylic acids is 1. The molecule has 16 heteroatoms. The molecule has 35 heavy (non-hydrogen) atoms. The van der Waals surface area contributed by atoms with Gasteiger partial charge in [-0.2, -0.15) is 4.98 Å². The maximum absolute atomic E-state index is 12.3. The molecule has 2 aromatic rings. The number of anilines is 1. The quantitative estimate of drug-likeness (QED) is 0.240. The Balaban J connectivity index is 1.90. The molecule has 0 saturated carbocycles. The molecule has 0 radical (unpaired) electrons. The van der Waals surface area contributed by atoms with Gasteiger partial charge in [-0.3, -0.25) is 23.7 Å². The molecule has 0 bridgehead atoms. The van der Waals surface area contributed by atoms with E-state index in [4.69, 9.17) is 29.6 Å². The van der Waals surface area contributed by atoms with Crippen molar-refractivity contribution in [1.82, 2.24) is 24.6 Å². The Kier molecular flexibility index (Phi) is 8.64. The van der Waals surface area contributed by atoms with Gasteiger partial charge in [0.05, 0.1) is 31.6 Å². The van der Waals surface area contributed by atoms with Crippen LogP contribution in [0.5, 0.6) is 0 Å². The van der Waals surface area contributed by atoms with Crippen molar-refractivity contribution in [2.45, 2.75) is 70.9 Å². The van der Waals surface area contributed by atoms with Crippen LogP contribution in [-0.2, 0) is 28.1 Å². The van der Waals surface area contributed by atoms with Crippen molar-refractivity contribution < 1.29 is 38.1 Å². The lowest BCUT2D eigenvalue weighted by Gasteiger charge is -2.28. The molecule has 1 fully saturated rings. The zero-order chi connectivity index (χ0) is 25.9. The molecule has 1 aliphatic heterocycles. The lowest BCUT2D eigenvalue weighted by Crippen LogP contribution is -2.41. The van der Waals surface area contributed by atoms with Gasteiger partial charge in [0.1, 0.15) is 18.3 Å². The number of imidazole rings is 1. The van der Waals surface area contributed by atoms with E-state index >= 15 is 0 Å². The van der Waals surface area contributed by atoms with Crippen molar-refractivity contribution in [3.63, 3.8) is 0 Å². The fourth-order valence-electron chi connectivity index (χ4n) is 3.66. The van der Waals surface area contributed by atoms with Crippen molar-refractivity contribution in [3.05, 3.63) is 16.7 Å². The minimum Gasteiger partial charge on any atom is -0.481 e. The monoisotopic (exact) mass is 518 g/mol. The number of carboxylic acid groups (broad SMARTS) is 1. The maximum atomic E-state index is 12.3. The highest BCUT2D eigenvalue weighted by Crippen LogP contribution is 2.41. The summed E-state index contributed by atoms with van der Waals surface area (Å²) in [5.41, 5.74) is 5.41. The van der Waals surface area contributed by atoms with Crippen LogP contribution in [0.4, 0.5) is 5.95 Å². The van der Waals surface area contributed by atoms with Crippen LogP contribution >= 0.6 is 7.75 Å². The molecule has 0 aliphatic carbocycles. The summed E-state index contributed by atoms with van der Waals surface area (Å²) in [4.78, 5) is 43.6. The number of H-pyrrole nitrogens is 1. The maximum Gasteiger partial charge on any atom is 0.403 e. The smallest absolute Gasteiger partial charge is 0.403 e. The first-order chi connectivity index (χ1) is 16.4. The zero-order valence-electron chi connectivity index (χ0n) is 19.8. The third kappa shape index (κ3) is 6.85. The van der Waals surface area contributed by atoms with Crippen LogP contribution in [0.15, 0.2) is 11.1 Å². The Morgan fingerprint density at radius 3 is 2.60 bits per heavy atom. The second-order valence-electron chi connectivity index (χ2n) is 8.51. The van der Waals surface area contributed by atoms with Crippen LogP contribution in [0.2, 0.25) is 0 Å². The van der Waals surface area contributed by atoms with Crippen LogP contribution in [0, 0.1) is 0 Å². The number of rotatable bonds is 12. The summed E-state index contributed by atoms with van der Waals surface area (Å²) in [5.74, 6) is -1.23. The number of aromatic nitrogens is 4. The molecule has 15 nitrogen and oxygen atoms in total. The van der Waals surface area contributed by atoms with Gasteiger partial charge in [0.25, 0.3) is 5.56 Å². The second kappa shape index (κ2) is 11.1. The largest absolute Gasteiger partial charge is 0.481 e. The van der Waals surface area contributed by atoms with Crippen LogP contribution in [0.25, 0.3) is 11.2 Å². The van der Waals surface area contributed by atoms with Gasteiger partial charge in [-0.05, 0) is 27.7 Å². The number of nitrogen functional groups attached to an aromatic ring is 1. The summed E-state index contributed by atoms with van der Waals surface area (Å²) in [7, 11) is -4.32. The number of carboxylic acids is 1. The predicted octanol–water partition coefficient (Wildman–Crippen LogP) is 0.368. The van der Waals surface area contributed by atoms with E-state index in [-0.39, 0.29) is 48.9 Å². The molecule has 3 rings (SSSR count). The van der Waals surface area contributed by atoms with Gasteiger partial charge >= 0.3 is 13.7 Å². The standard InChI is InChI=1S/C19H31N6O9P/c1-9(2)32-14-11(7-31-35(29,30)22-6-5-12(26)27)34-18(15(14)33-10(3)4)25-8-21-13-16(25)23-19(20)24-17(13)28/h8-11,14-15,18H,5-7H2,1-4H3,(H,26,27)(H2,22,29,30)(H3,20,23,24,28)/t11-,14-,15-,18-/m1/s1. The van der Waals surface area contributed by atoms with E-state index < -0.39 is 43.8 Å². The van der Waals surface area contributed by atoms with Gasteiger partial charge in [-0.25, -0.2) is 14.6 Å². The van der Waals surface area contributed by atoms with Crippen molar-refractivity contribution in [2.75, 3.05) is 18.9 Å². The molecule has 1 unspecified atom stereocenters. The summed E-state index contributed by atoms with van der Waals surface area (Å²) in [5, 5.41) is 10.9. The number of nitrogens with one attached hydrogen (secondary N) is 2. The number of nitrogens with zero attached hydrogens (tertiary/aromatic N) is 3. The molecule has 6 N–H and O–H groups in total. The molecule has 3 heterocycles. The number of nitrogens with two attached hydrogens (primary N) is 1. The van der Waals surface area contributed by atoms with Crippen molar-refractivity contribution >= 4 is 30.8 Å². The van der Waals surface area contributed by atoms with Crippen LogP contribution < -0.4 is 16.4 Å². The van der Waals surface area contributed by atoms with E-state index in [1.54, 1.807) is 0 Å². The highest BCUT2D eigenvalue weighted by Gasteiger charge is 2.49. The molecule has 196 valence electrons. The minimum atomic E-state index is -4.32. The number of aromatic amines is 1. The summed E-state index contributed by atoms with van der Waals surface area (Å²) >= 11 is 0. The van der Waals surface area contributed by atoms with E-state index in [2.05, 4.69) is 20.0 Å². The van der Waals surface area contributed by atoms with Gasteiger partial charge in [-0.1, -0.05) is 0 Å². The highest BCUT2D eigenvalue weighted by atomic mass is 31.2. The normalized spacial score (nSPS) is 24.4. The first-order valence-electron chi connectivity index (χ1n) is 11.0. The lowest BCUT2D eigenvalue weighted by molar-refractivity contribution is -0.136. The van der Waals surface area contributed by atoms with E-state index in [0.717, 1.165) is 0 Å². The zero-order valence-corrected chi connectivity index (χ0v) is 20.7. The molecule has 0 amide bonds. The average molecular weight is 518 g/mol. The van der Waals surface area contributed by atoms with Gasteiger partial charge < -0.3 is 29.9 Å². The summed E-state index contributed by atoms with van der Waals surface area (Å²) in [6.07, 6.45) is -2.72. The Hall–Kier alpha value is -2.39. The van der Waals surface area contributed by atoms with E-state index in [1.165, 1.54) is 10.9 Å². The molecule has 5 atom stereocenters. The van der Waals surface area contributed by atoms with Crippen molar-refractivity contribution in [3.8, 4) is 0 Å². The first kappa shape index (κ1) is 27.2. The minimum absolute atomic E-state index is 0.0506. The predicted molar refractivity (Wildman–Crippen MR) is 123 cm³/mol. The number of carbonyl (C=O) groups is 1. The number of hydrogen-bond donors (Lipinski definition) is 5. The molecule has 1 saturated heterocycles. The third-order valence-electron chi connectivity index (χ3n) is 4.93. The van der Waals surface area contributed by atoms with Crippen molar-refractivity contribution in [1.29, 1.82) is 0 Å². The van der Waals surface area contributed by atoms with Crippen LogP contribution in [-0.4, -0.2) is 79.2 Å². The van der Waals surface area contributed by atoms with Crippen LogP contribution in [0.3, 0.4) is 0 Å².